The molecule has 30 nitrogen and oxygen atoms in total. The zero-order chi connectivity index (χ0) is 104. The van der Waals surface area contributed by atoms with E-state index in [0.29, 0.717) is 62.2 Å². The molecule has 3 saturated heterocycles. The van der Waals surface area contributed by atoms with Crippen molar-refractivity contribution >= 4 is 88.0 Å². The SMILES string of the molecule is CC[C@@H]1[C@@H]2CN(C(=O)[C@H](C(C)(C)C)NC(=O)O[C@@H]3CC4CC4[C@H]3CCCC(F)(F)C(F)(F)c3nc4ccc(OC)cc4nc3O2)[C@@H]1[C-]=O.CC[C@@H]1[C@@H]2CN(C(=O)[C@H](C(C)(C)C)NC(=O)O[C@@H]3CCC[C@H]3CCCC(F)(F)C(F)(F)c3nc4ccc(OC)cc4nc3O2)[C@@H]1[C-]=O.CC[C@@H]1[C@@H]2CN(C(=O)[C@H](C(C)(C)C)NC(=O)O[C@]3(C)CCC[C@H]3CCCC(F)(F)C(F)(F)c3nc4ccc(OC)cc4nc3O2)[C@@H]1[C-]=O.[V].[V].[V]. The number of alkyl halides is 12. The molecule has 0 spiro atoms. The molecule has 2 unspecified atom stereocenters. The first-order valence-electron chi connectivity index (χ1n) is 49.0. The molecule has 6 aliphatic heterocycles. The fourth-order valence-electron chi connectivity index (χ4n) is 22.0. The molecule has 6 bridgehead atoms. The van der Waals surface area contributed by atoms with E-state index in [1.807, 2.05) is 18.9 Å². The Kier molecular flexibility index (Phi) is 36.4. The number of rotatable bonds is 9. The number of carbonyl (C=O) groups is 6. The summed E-state index contributed by atoms with van der Waals surface area (Å²) in [4.78, 5) is 147. The number of benzene rings is 3. The zero-order valence-corrected chi connectivity index (χ0v) is 88.4. The molecule has 4 aliphatic carbocycles. The van der Waals surface area contributed by atoms with Crippen molar-refractivity contribution in [2.45, 2.75) is 326 Å². The molecule has 9 heterocycles. The Morgan fingerprint density at radius 2 is 0.705 bits per heavy atom. The Balaban J connectivity index is 0.000000206. The van der Waals surface area contributed by atoms with Crippen LogP contribution < -0.4 is 44.4 Å². The molecular formula is C101H125F12N12O18V3-3. The second-order valence-corrected chi connectivity index (χ2v) is 42.8. The summed E-state index contributed by atoms with van der Waals surface area (Å²) in [6.07, 6.45) is 0.0785. The number of hydrogen-bond acceptors (Lipinski definition) is 24. The van der Waals surface area contributed by atoms with Crippen LogP contribution in [0.2, 0.25) is 0 Å². The summed E-state index contributed by atoms with van der Waals surface area (Å²) in [6.45, 7) is 21.7. The Bertz CT molecular complexity index is 5610. The predicted octanol–water partition coefficient (Wildman–Crippen LogP) is 18.1. The van der Waals surface area contributed by atoms with Gasteiger partial charge >= 0.3 is 53.8 Å². The van der Waals surface area contributed by atoms with Crippen molar-refractivity contribution < 1.29 is 194 Å². The van der Waals surface area contributed by atoms with E-state index in [-0.39, 0.29) is 196 Å². The molecule has 3 radical (unpaired) electrons. The third-order valence-electron chi connectivity index (χ3n) is 30.3. The van der Waals surface area contributed by atoms with E-state index >= 15 is 52.7 Å². The van der Waals surface area contributed by atoms with E-state index in [9.17, 15) is 43.2 Å². The largest absolute Gasteiger partial charge is 0.540 e. The van der Waals surface area contributed by atoms with Gasteiger partial charge in [-0.2, -0.15) is 52.7 Å². The van der Waals surface area contributed by atoms with Gasteiger partial charge < -0.3 is 87.7 Å². The maximum absolute atomic E-state index is 16.1. The van der Waals surface area contributed by atoms with Gasteiger partial charge in [-0.3, -0.25) is 14.4 Å². The summed E-state index contributed by atoms with van der Waals surface area (Å²) in [7, 11) is 4.19. The van der Waals surface area contributed by atoms with Crippen LogP contribution in [0.4, 0.5) is 67.1 Å². The molecule has 16 rings (SSSR count). The number of nitrogens with zero attached hydrogens (tertiary/aromatic N) is 9. The van der Waals surface area contributed by atoms with Gasteiger partial charge in [-0.05, 0) is 197 Å². The van der Waals surface area contributed by atoms with Crippen molar-refractivity contribution in [2.24, 2.45) is 63.6 Å². The van der Waals surface area contributed by atoms with Gasteiger partial charge in [-0.25, -0.2) is 63.1 Å². The minimum absolute atomic E-state index is 0. The van der Waals surface area contributed by atoms with Crippen LogP contribution in [0.25, 0.3) is 33.1 Å². The third-order valence-corrected chi connectivity index (χ3v) is 30.3. The standard InChI is InChI=1S/C34H41F4N4O6.C34H43F4N4O6.C33H41F4N4O6.3V/c1-6-19-24(16-43)42-15-26(19)47-29-27(39-22-10-9-18(46-5)14-23(22)40-29)34(37,38)33(35,36)11-7-8-20-21-12-17(21)13-25(20)48-31(45)41-28(30(42)44)32(2,3)4;1-7-21-24(18-43)42-17-25(21)47-28-26(39-22-13-12-20(46-6)16-23(22)40-28)34(37,38)33(35,36)15-9-11-19-10-8-14-32(19,5)48-30(45)41-27(29(42)44)31(2,3)4;1-6-20-23(17-42)41-16-25(20)46-28-26(38-21-13-12-19(45-5)15-22(21)39-28)33(36,37)32(34,35)14-8-10-18-9-7-11-24(18)47-30(44)40-27(29(41)43)31(2,3)4;;;/h9-10,14,17,19-21,24-26,28H,6-8,11-13,15H2,1-5H3,(H,41,45);12-13,16,19,21,24-25,27H,7-11,14-15,17H2,1-6H3,(H,41,45);12-13,15,18,20,23-25,27H,6-11,14,16H2,1-5H3,(H,40,44);;;/q3*-1;;;/t17?,19-,20+,21?,24+,25+,26-,28+;19-,21-,24+,25-,27+,32+;18-,20-,23+,24+,25-,27+;;;/m000.../s1. The van der Waals surface area contributed by atoms with E-state index in [1.165, 1.54) is 90.6 Å². The second-order valence-electron chi connectivity index (χ2n) is 42.8. The Morgan fingerprint density at radius 1 is 0.384 bits per heavy atom. The molecule has 10 aliphatic rings. The third kappa shape index (κ3) is 23.8. The molecule has 6 amide bonds. The van der Waals surface area contributed by atoms with Gasteiger partial charge in [0.15, 0.2) is 17.1 Å². The van der Waals surface area contributed by atoms with Crippen molar-refractivity contribution in [2.75, 3.05) is 41.0 Å². The normalized spacial score (nSPS) is 30.7. The smallest absolute Gasteiger partial charge is 0.408 e. The number of nitrogens with one attached hydrogen (secondary N) is 3. The fourth-order valence-corrected chi connectivity index (χ4v) is 22.0. The summed E-state index contributed by atoms with van der Waals surface area (Å²) >= 11 is 0. The number of fused-ring (bicyclic) bond motifs is 17. The maximum atomic E-state index is 16.1. The Labute approximate surface area is 874 Å². The fraction of sp³-hybridized carbons (Fsp3) is 0.673. The molecule has 20 atom stereocenters. The summed E-state index contributed by atoms with van der Waals surface area (Å²) in [5.74, 6) is -34.3. The van der Waals surface area contributed by atoms with Crippen LogP contribution in [-0.2, 0) is 116 Å². The van der Waals surface area contributed by atoms with E-state index in [1.54, 1.807) is 90.0 Å². The van der Waals surface area contributed by atoms with Crippen molar-refractivity contribution in [3.63, 3.8) is 0 Å². The molecule has 3 aromatic heterocycles. The zero-order valence-electron chi connectivity index (χ0n) is 84.2. The van der Waals surface area contributed by atoms with E-state index in [4.69, 9.17) is 42.6 Å². The quantitative estimate of drug-likeness (QED) is 0.0687. The average Bonchev–Trinajstić information content (AvgIpc) is 0.886. The molecule has 7 fully saturated rings. The molecule has 4 saturated carbocycles. The van der Waals surface area contributed by atoms with Crippen LogP contribution in [0, 0.1) is 63.6 Å². The first-order chi connectivity index (χ1) is 67.1. The minimum atomic E-state index is -4.81. The molecule has 45 heteroatoms. The average molecular weight is 2180 g/mol. The Morgan fingerprint density at radius 3 is 1.04 bits per heavy atom. The van der Waals surface area contributed by atoms with Crippen molar-refractivity contribution in [1.82, 2.24) is 60.6 Å². The maximum Gasteiger partial charge on any atom is 0.408 e. The number of halogens is 12. The molecular weight excluding hydrogens is 2050 g/mol. The molecule has 3 N–H and O–H groups in total. The molecule has 146 heavy (non-hydrogen) atoms. The van der Waals surface area contributed by atoms with Crippen LogP contribution >= 0.6 is 0 Å². The number of ether oxygens (including phenoxy) is 9. The monoisotopic (exact) mass is 2170 g/mol. The number of hydrogen-bond donors (Lipinski definition) is 3. The number of carbonyl (C=O) groups excluding carboxylic acids is 9. The predicted molar refractivity (Wildman–Crippen MR) is 493 cm³/mol. The minimum Gasteiger partial charge on any atom is -0.540 e. The number of alkyl carbamates (subject to hydrolysis) is 3. The van der Waals surface area contributed by atoms with Crippen LogP contribution in [0.1, 0.15) is 236 Å². The van der Waals surface area contributed by atoms with E-state index in [0.717, 1.165) is 6.42 Å². The summed E-state index contributed by atoms with van der Waals surface area (Å²) in [6, 6.07) is 5.66. The van der Waals surface area contributed by atoms with Gasteiger partial charge in [0.1, 0.15) is 71.5 Å². The van der Waals surface area contributed by atoms with Gasteiger partial charge in [0.25, 0.3) is 0 Å². The Hall–Kier alpha value is -9.38. The summed E-state index contributed by atoms with van der Waals surface area (Å²) < 4.78 is 242. The molecule has 3 aromatic carbocycles. The van der Waals surface area contributed by atoms with E-state index < -0.39 is 232 Å². The van der Waals surface area contributed by atoms with Crippen molar-refractivity contribution in [3.05, 3.63) is 71.7 Å². The van der Waals surface area contributed by atoms with Crippen LogP contribution in [0.3, 0.4) is 0 Å². The summed E-state index contributed by atoms with van der Waals surface area (Å²) in [5.41, 5.74) is -7.61. The van der Waals surface area contributed by atoms with Gasteiger partial charge in [0.05, 0.1) is 74.1 Å². The van der Waals surface area contributed by atoms with Crippen LogP contribution in [-0.4, -0.2) is 231 Å². The molecule has 6 aromatic rings. The summed E-state index contributed by atoms with van der Waals surface area (Å²) in [5, 5.41) is 8.09. The number of amides is 6. The van der Waals surface area contributed by atoms with Gasteiger partial charge in [0.2, 0.25) is 35.4 Å². The topological polar surface area (TPSA) is 360 Å². The first kappa shape index (κ1) is 117. The van der Waals surface area contributed by atoms with Crippen molar-refractivity contribution in [1.29, 1.82) is 0 Å². The van der Waals surface area contributed by atoms with Crippen LogP contribution in [0.15, 0.2) is 54.6 Å². The van der Waals surface area contributed by atoms with Crippen molar-refractivity contribution in [3.8, 4) is 34.9 Å². The second kappa shape index (κ2) is 45.4. The number of methoxy groups -OCH3 is 3. The molecule has 799 valence electrons. The first-order valence-corrected chi connectivity index (χ1v) is 49.0. The van der Waals surface area contributed by atoms with Gasteiger partial charge in [0, 0.05) is 93.1 Å². The number of aromatic nitrogens is 6. The van der Waals surface area contributed by atoms with Gasteiger partial charge in [-0.15, -0.1) is 0 Å². The van der Waals surface area contributed by atoms with Gasteiger partial charge in [-0.1, -0.05) is 120 Å². The van der Waals surface area contributed by atoms with Crippen LogP contribution in [0.5, 0.6) is 34.9 Å². The van der Waals surface area contributed by atoms with E-state index in [2.05, 4.69) is 45.9 Å².